The van der Waals surface area contributed by atoms with Gasteiger partial charge >= 0.3 is 0 Å². The Bertz CT molecular complexity index is 473. The van der Waals surface area contributed by atoms with Gasteiger partial charge in [0, 0.05) is 18.4 Å². The van der Waals surface area contributed by atoms with Crippen molar-refractivity contribution in [2.75, 3.05) is 25.0 Å². The minimum Gasteiger partial charge on any atom is -0.377 e. The molecule has 1 aliphatic heterocycles. The van der Waals surface area contributed by atoms with E-state index in [4.69, 9.17) is 4.74 Å². The van der Waals surface area contributed by atoms with Crippen molar-refractivity contribution >= 4 is 21.8 Å². The fraction of sp³-hybridized carbons (Fsp3) is 0.533. The molecule has 0 N–H and O–H groups in total. The van der Waals surface area contributed by atoms with Crippen molar-refractivity contribution in [1.82, 2.24) is 4.90 Å². The van der Waals surface area contributed by atoms with Crippen LogP contribution in [-0.4, -0.2) is 41.9 Å². The molecule has 0 spiro atoms. The monoisotopic (exact) mass is 343 g/mol. The quantitative estimate of drug-likeness (QED) is 0.786. The van der Waals surface area contributed by atoms with Gasteiger partial charge < -0.3 is 9.64 Å². The number of alkyl halides is 1. The van der Waals surface area contributed by atoms with Gasteiger partial charge in [-0.3, -0.25) is 4.79 Å². The van der Waals surface area contributed by atoms with Crippen molar-refractivity contribution in [3.05, 3.63) is 35.1 Å². The van der Waals surface area contributed by atoms with E-state index < -0.39 is 5.82 Å². The van der Waals surface area contributed by atoms with E-state index in [1.54, 1.807) is 30.0 Å². The second-order valence-electron chi connectivity index (χ2n) is 4.99. The van der Waals surface area contributed by atoms with Crippen LogP contribution in [0.15, 0.2) is 18.2 Å². The Hall–Kier alpha value is -0.940. The van der Waals surface area contributed by atoms with Crippen molar-refractivity contribution in [3.63, 3.8) is 0 Å². The number of aryl methyl sites for hydroxylation is 1. The Morgan fingerprint density at radius 3 is 2.80 bits per heavy atom. The van der Waals surface area contributed by atoms with Crippen molar-refractivity contribution in [2.24, 2.45) is 0 Å². The third-order valence-electron chi connectivity index (χ3n) is 3.58. The van der Waals surface area contributed by atoms with E-state index in [2.05, 4.69) is 15.9 Å². The molecule has 5 heteroatoms. The van der Waals surface area contributed by atoms with E-state index in [9.17, 15) is 9.18 Å². The average molecular weight is 344 g/mol. The minimum atomic E-state index is -0.407. The summed E-state index contributed by atoms with van der Waals surface area (Å²) in [6, 6.07) is 4.95. The van der Waals surface area contributed by atoms with Gasteiger partial charge in [-0.15, -0.1) is 0 Å². The van der Waals surface area contributed by atoms with Gasteiger partial charge in [-0.1, -0.05) is 28.1 Å². The Balaban J connectivity index is 1.96. The molecule has 0 unspecified atom stereocenters. The van der Waals surface area contributed by atoms with Crippen LogP contribution in [-0.2, 0) is 4.74 Å². The highest BCUT2D eigenvalue weighted by molar-refractivity contribution is 9.09. The summed E-state index contributed by atoms with van der Waals surface area (Å²) in [5, 5.41) is 0.820. The van der Waals surface area contributed by atoms with Gasteiger partial charge in [-0.2, -0.15) is 0 Å². The zero-order valence-electron chi connectivity index (χ0n) is 11.6. The summed E-state index contributed by atoms with van der Waals surface area (Å²) in [7, 11) is 0. The summed E-state index contributed by atoms with van der Waals surface area (Å²) in [4.78, 5) is 14.0. The average Bonchev–Trinajstić information content (AvgIpc) is 2.48. The number of amides is 1. The molecule has 0 aliphatic carbocycles. The van der Waals surface area contributed by atoms with Crippen LogP contribution in [0.2, 0.25) is 0 Å². The Morgan fingerprint density at radius 2 is 2.15 bits per heavy atom. The molecule has 0 bridgehead atoms. The SMILES string of the molecule is Cc1cccc(C(=O)N2CCC(OCCBr)CC2)c1F. The summed E-state index contributed by atoms with van der Waals surface area (Å²) in [6.07, 6.45) is 1.83. The number of halogens is 2. The third kappa shape index (κ3) is 3.58. The van der Waals surface area contributed by atoms with Gasteiger partial charge in [0.15, 0.2) is 0 Å². The number of likely N-dealkylation sites (tertiary alicyclic amines) is 1. The normalized spacial score (nSPS) is 16.4. The molecule has 1 aromatic rings. The molecule has 1 saturated heterocycles. The van der Waals surface area contributed by atoms with Crippen LogP contribution in [0.3, 0.4) is 0 Å². The molecular weight excluding hydrogens is 325 g/mol. The number of carbonyl (C=O) groups excluding carboxylic acids is 1. The van der Waals surface area contributed by atoms with Gasteiger partial charge in [0.05, 0.1) is 18.3 Å². The molecule has 1 aliphatic rings. The van der Waals surface area contributed by atoms with E-state index in [1.807, 2.05) is 0 Å². The van der Waals surface area contributed by atoms with Gasteiger partial charge in [-0.05, 0) is 31.4 Å². The lowest BCUT2D eigenvalue weighted by Crippen LogP contribution is -2.41. The first-order chi connectivity index (χ1) is 9.63. The molecule has 0 atom stereocenters. The molecule has 0 radical (unpaired) electrons. The van der Waals surface area contributed by atoms with Gasteiger partial charge in [0.1, 0.15) is 5.82 Å². The minimum absolute atomic E-state index is 0.171. The van der Waals surface area contributed by atoms with Gasteiger partial charge in [0.2, 0.25) is 0 Å². The zero-order chi connectivity index (χ0) is 14.5. The molecule has 1 heterocycles. The fourth-order valence-corrected chi connectivity index (χ4v) is 2.61. The first-order valence-electron chi connectivity index (χ1n) is 6.85. The van der Waals surface area contributed by atoms with Gasteiger partial charge in [-0.25, -0.2) is 4.39 Å². The number of ether oxygens (including phenoxy) is 1. The van der Waals surface area contributed by atoms with Crippen molar-refractivity contribution in [1.29, 1.82) is 0 Å². The van der Waals surface area contributed by atoms with Crippen LogP contribution in [0.25, 0.3) is 0 Å². The topological polar surface area (TPSA) is 29.5 Å². The van der Waals surface area contributed by atoms with Crippen LogP contribution in [0.4, 0.5) is 4.39 Å². The molecule has 1 fully saturated rings. The lowest BCUT2D eigenvalue weighted by Gasteiger charge is -2.32. The lowest BCUT2D eigenvalue weighted by molar-refractivity contribution is 0.0158. The molecule has 0 aromatic heterocycles. The van der Waals surface area contributed by atoms with Crippen LogP contribution >= 0.6 is 15.9 Å². The van der Waals surface area contributed by atoms with Gasteiger partial charge in [0.25, 0.3) is 5.91 Å². The van der Waals surface area contributed by atoms with E-state index in [0.29, 0.717) is 25.3 Å². The Kier molecular flexibility index (Phi) is 5.54. The first-order valence-corrected chi connectivity index (χ1v) is 7.97. The number of hydrogen-bond donors (Lipinski definition) is 0. The van der Waals surface area contributed by atoms with Crippen LogP contribution in [0.5, 0.6) is 0 Å². The fourth-order valence-electron chi connectivity index (χ4n) is 2.42. The van der Waals surface area contributed by atoms with Crippen molar-refractivity contribution in [2.45, 2.75) is 25.9 Å². The largest absolute Gasteiger partial charge is 0.377 e. The number of carbonyl (C=O) groups is 1. The molecule has 20 heavy (non-hydrogen) atoms. The predicted molar refractivity (Wildman–Crippen MR) is 79.8 cm³/mol. The number of benzene rings is 1. The van der Waals surface area contributed by atoms with Crippen LogP contribution < -0.4 is 0 Å². The smallest absolute Gasteiger partial charge is 0.256 e. The number of nitrogens with zero attached hydrogens (tertiary/aromatic N) is 1. The molecule has 0 saturated carbocycles. The summed E-state index contributed by atoms with van der Waals surface area (Å²) in [5.41, 5.74) is 0.677. The number of rotatable bonds is 4. The summed E-state index contributed by atoms with van der Waals surface area (Å²) >= 11 is 3.33. The van der Waals surface area contributed by atoms with Crippen molar-refractivity contribution < 1.29 is 13.9 Å². The molecule has 3 nitrogen and oxygen atoms in total. The zero-order valence-corrected chi connectivity index (χ0v) is 13.2. The number of hydrogen-bond acceptors (Lipinski definition) is 2. The summed E-state index contributed by atoms with van der Waals surface area (Å²) in [6.45, 7) is 3.61. The van der Waals surface area contributed by atoms with E-state index in [0.717, 1.165) is 18.2 Å². The molecule has 1 aromatic carbocycles. The Morgan fingerprint density at radius 1 is 1.45 bits per heavy atom. The van der Waals surface area contributed by atoms with E-state index >= 15 is 0 Å². The van der Waals surface area contributed by atoms with E-state index in [1.165, 1.54) is 0 Å². The highest BCUT2D eigenvalue weighted by Gasteiger charge is 2.25. The molecule has 1 amide bonds. The third-order valence-corrected chi connectivity index (χ3v) is 3.91. The second kappa shape index (κ2) is 7.18. The second-order valence-corrected chi connectivity index (χ2v) is 5.78. The molecule has 2 rings (SSSR count). The highest BCUT2D eigenvalue weighted by Crippen LogP contribution is 2.19. The maximum atomic E-state index is 14.0. The highest BCUT2D eigenvalue weighted by atomic mass is 79.9. The first kappa shape index (κ1) is 15.4. The summed E-state index contributed by atoms with van der Waals surface area (Å²) in [5.74, 6) is -0.625. The maximum absolute atomic E-state index is 14.0. The Labute approximate surface area is 127 Å². The van der Waals surface area contributed by atoms with Crippen molar-refractivity contribution in [3.8, 4) is 0 Å². The summed E-state index contributed by atoms with van der Waals surface area (Å²) < 4.78 is 19.6. The number of piperidine rings is 1. The molecular formula is C15H19BrFNO2. The van der Waals surface area contributed by atoms with Crippen LogP contribution in [0.1, 0.15) is 28.8 Å². The lowest BCUT2D eigenvalue weighted by atomic mass is 10.0. The molecule has 110 valence electrons. The standard InChI is InChI=1S/C15H19BrFNO2/c1-11-3-2-4-13(14(11)17)15(19)18-8-5-12(6-9-18)20-10-7-16/h2-4,12H,5-10H2,1H3. The predicted octanol–water partition coefficient (Wildman–Crippen LogP) is 3.15. The van der Waals surface area contributed by atoms with Crippen LogP contribution in [0, 0.1) is 12.7 Å². The maximum Gasteiger partial charge on any atom is 0.256 e. The van der Waals surface area contributed by atoms with E-state index in [-0.39, 0.29) is 17.6 Å².